The number of carbonyl (C=O) groups excluding carboxylic acids is 2. The smallest absolute Gasteiger partial charge is 0.267 e. The molecular formula is C20H22N2O5. The third-order valence-corrected chi connectivity index (χ3v) is 4.27. The van der Waals surface area contributed by atoms with E-state index in [1.807, 2.05) is 24.3 Å². The highest BCUT2D eigenvalue weighted by Crippen LogP contribution is 2.33. The first-order chi connectivity index (χ1) is 13.0. The van der Waals surface area contributed by atoms with Crippen molar-refractivity contribution in [1.29, 1.82) is 0 Å². The van der Waals surface area contributed by atoms with Crippen LogP contribution in [0.4, 0.5) is 11.4 Å². The van der Waals surface area contributed by atoms with Crippen LogP contribution in [-0.4, -0.2) is 38.7 Å². The summed E-state index contributed by atoms with van der Waals surface area (Å²) in [5.74, 6) is 1.42. The van der Waals surface area contributed by atoms with E-state index >= 15 is 0 Å². The lowest BCUT2D eigenvalue weighted by Gasteiger charge is -2.32. The Bertz CT molecular complexity index is 830. The summed E-state index contributed by atoms with van der Waals surface area (Å²) in [4.78, 5) is 26.4. The number of hydrogen-bond donors (Lipinski definition) is 1. The molecule has 0 aliphatic carbocycles. The average Bonchev–Trinajstić information content (AvgIpc) is 2.68. The molecule has 1 atom stereocenters. The molecule has 1 aliphatic heterocycles. The Morgan fingerprint density at radius 1 is 1.15 bits per heavy atom. The Hall–Kier alpha value is -3.22. The molecule has 0 radical (unpaired) electrons. The number of methoxy groups -OCH3 is 2. The number of nitrogens with zero attached hydrogens (tertiary/aromatic N) is 1. The van der Waals surface area contributed by atoms with Crippen molar-refractivity contribution >= 4 is 23.2 Å². The van der Waals surface area contributed by atoms with Gasteiger partial charge in [-0.3, -0.25) is 9.59 Å². The van der Waals surface area contributed by atoms with Gasteiger partial charge in [-0.1, -0.05) is 12.1 Å². The van der Waals surface area contributed by atoms with Gasteiger partial charge in [-0.2, -0.15) is 0 Å². The van der Waals surface area contributed by atoms with Crippen LogP contribution in [0.25, 0.3) is 0 Å². The molecule has 0 unspecified atom stereocenters. The van der Waals surface area contributed by atoms with Crippen molar-refractivity contribution < 1.29 is 23.8 Å². The molecule has 1 N–H and O–H groups in total. The minimum atomic E-state index is -0.578. The first-order valence-electron chi connectivity index (χ1n) is 8.62. The second-order valence-corrected chi connectivity index (χ2v) is 6.12. The highest BCUT2D eigenvalue weighted by Gasteiger charge is 2.31. The summed E-state index contributed by atoms with van der Waals surface area (Å²) >= 11 is 0. The van der Waals surface area contributed by atoms with Crippen LogP contribution in [0, 0.1) is 0 Å². The Morgan fingerprint density at radius 3 is 2.48 bits per heavy atom. The Balaban J connectivity index is 1.68. The quantitative estimate of drug-likeness (QED) is 0.846. The van der Waals surface area contributed by atoms with Crippen LogP contribution in [0.15, 0.2) is 42.5 Å². The lowest BCUT2D eigenvalue weighted by atomic mass is 10.1. The summed E-state index contributed by atoms with van der Waals surface area (Å²) in [6.07, 6.45) is -0.433. The largest absolute Gasteiger partial charge is 0.497 e. The Labute approximate surface area is 157 Å². The maximum Gasteiger partial charge on any atom is 0.267 e. The summed E-state index contributed by atoms with van der Waals surface area (Å²) in [6.45, 7) is 1.96. The maximum atomic E-state index is 12.5. The normalized spacial score (nSPS) is 15.6. The summed E-state index contributed by atoms with van der Waals surface area (Å²) < 4.78 is 16.0. The monoisotopic (exact) mass is 370 g/mol. The molecule has 0 saturated heterocycles. The van der Waals surface area contributed by atoms with Crippen LogP contribution >= 0.6 is 0 Å². The van der Waals surface area contributed by atoms with Gasteiger partial charge in [0.2, 0.25) is 5.91 Å². The minimum Gasteiger partial charge on any atom is -0.497 e. The van der Waals surface area contributed by atoms with E-state index in [4.69, 9.17) is 14.2 Å². The van der Waals surface area contributed by atoms with E-state index in [-0.39, 0.29) is 24.8 Å². The zero-order chi connectivity index (χ0) is 19.4. The molecule has 0 bridgehead atoms. The first-order valence-corrected chi connectivity index (χ1v) is 8.62. The molecule has 7 heteroatoms. The first kappa shape index (κ1) is 18.6. The lowest BCUT2D eigenvalue weighted by molar-refractivity contribution is -0.125. The zero-order valence-corrected chi connectivity index (χ0v) is 15.5. The summed E-state index contributed by atoms with van der Waals surface area (Å²) in [5.41, 5.74) is 1.25. The fourth-order valence-electron chi connectivity index (χ4n) is 2.91. The van der Waals surface area contributed by atoms with Gasteiger partial charge in [0.25, 0.3) is 5.91 Å². The van der Waals surface area contributed by atoms with Gasteiger partial charge >= 0.3 is 0 Å². The SMILES string of the molecule is COc1cc(NC(=O)CCN2C(=O)[C@@H](C)Oc3ccccc32)cc(OC)c1. The van der Waals surface area contributed by atoms with Gasteiger partial charge in [-0.25, -0.2) is 0 Å². The number of fused-ring (bicyclic) bond motifs is 1. The van der Waals surface area contributed by atoms with Crippen LogP contribution in [0.5, 0.6) is 17.2 Å². The van der Waals surface area contributed by atoms with Crippen LogP contribution in [-0.2, 0) is 9.59 Å². The Morgan fingerprint density at radius 2 is 1.81 bits per heavy atom. The number of ether oxygens (including phenoxy) is 3. The molecule has 2 amide bonds. The number of para-hydroxylation sites is 2. The topological polar surface area (TPSA) is 77.1 Å². The molecule has 27 heavy (non-hydrogen) atoms. The van der Waals surface area contributed by atoms with Crippen molar-refractivity contribution in [2.75, 3.05) is 31.0 Å². The third-order valence-electron chi connectivity index (χ3n) is 4.27. The maximum absolute atomic E-state index is 12.5. The van der Waals surface area contributed by atoms with Gasteiger partial charge in [-0.15, -0.1) is 0 Å². The van der Waals surface area contributed by atoms with Crippen molar-refractivity contribution in [2.45, 2.75) is 19.4 Å². The van der Waals surface area contributed by atoms with Gasteiger partial charge in [-0.05, 0) is 19.1 Å². The molecule has 0 spiro atoms. The van der Waals surface area contributed by atoms with E-state index in [9.17, 15) is 9.59 Å². The number of amides is 2. The van der Waals surface area contributed by atoms with E-state index in [1.165, 1.54) is 0 Å². The molecule has 0 saturated carbocycles. The zero-order valence-electron chi connectivity index (χ0n) is 15.5. The van der Waals surface area contributed by atoms with Crippen LogP contribution < -0.4 is 24.4 Å². The van der Waals surface area contributed by atoms with Crippen molar-refractivity contribution in [3.05, 3.63) is 42.5 Å². The summed E-state index contributed by atoms with van der Waals surface area (Å²) in [5, 5.41) is 2.81. The standard InChI is InChI=1S/C20H22N2O5/c1-13-20(24)22(17-6-4-5-7-18(17)27-13)9-8-19(23)21-14-10-15(25-2)12-16(11-14)26-3/h4-7,10-13H,8-9H2,1-3H3,(H,21,23)/t13-/m1/s1. The highest BCUT2D eigenvalue weighted by atomic mass is 16.5. The second-order valence-electron chi connectivity index (χ2n) is 6.12. The number of carbonyl (C=O) groups is 2. The fraction of sp³-hybridized carbons (Fsp3) is 0.300. The van der Waals surface area contributed by atoms with Crippen LogP contribution in [0.2, 0.25) is 0 Å². The van der Waals surface area contributed by atoms with Gasteiger partial charge in [0, 0.05) is 36.9 Å². The molecule has 0 fully saturated rings. The van der Waals surface area contributed by atoms with Gasteiger partial charge in [0.1, 0.15) is 17.2 Å². The predicted octanol–water partition coefficient (Wildman–Crippen LogP) is 2.85. The molecule has 7 nitrogen and oxygen atoms in total. The molecule has 2 aromatic carbocycles. The Kier molecular flexibility index (Phi) is 5.49. The van der Waals surface area contributed by atoms with E-state index in [2.05, 4.69) is 5.32 Å². The average molecular weight is 370 g/mol. The molecule has 1 heterocycles. The number of anilines is 2. The third kappa shape index (κ3) is 4.13. The molecule has 1 aliphatic rings. The van der Waals surface area contributed by atoms with E-state index in [0.717, 1.165) is 0 Å². The number of benzene rings is 2. The molecular weight excluding hydrogens is 348 g/mol. The fourth-order valence-corrected chi connectivity index (χ4v) is 2.91. The second kappa shape index (κ2) is 7.99. The van der Waals surface area contributed by atoms with Gasteiger partial charge in [0.05, 0.1) is 19.9 Å². The number of rotatable bonds is 6. The summed E-state index contributed by atoms with van der Waals surface area (Å²) in [6, 6.07) is 12.4. The number of nitrogens with one attached hydrogen (secondary N) is 1. The highest BCUT2D eigenvalue weighted by molar-refractivity contribution is 6.00. The molecule has 3 rings (SSSR count). The van der Waals surface area contributed by atoms with Crippen LogP contribution in [0.1, 0.15) is 13.3 Å². The number of hydrogen-bond acceptors (Lipinski definition) is 5. The van der Waals surface area contributed by atoms with Crippen molar-refractivity contribution in [2.24, 2.45) is 0 Å². The van der Waals surface area contributed by atoms with Crippen molar-refractivity contribution in [1.82, 2.24) is 0 Å². The van der Waals surface area contributed by atoms with E-state index < -0.39 is 6.10 Å². The van der Waals surface area contributed by atoms with Gasteiger partial charge in [0.15, 0.2) is 6.10 Å². The predicted molar refractivity (Wildman–Crippen MR) is 102 cm³/mol. The summed E-state index contributed by atoms with van der Waals surface area (Å²) in [7, 11) is 3.09. The molecule has 0 aromatic heterocycles. The van der Waals surface area contributed by atoms with E-state index in [1.54, 1.807) is 44.2 Å². The van der Waals surface area contributed by atoms with Crippen LogP contribution in [0.3, 0.4) is 0 Å². The minimum absolute atomic E-state index is 0.145. The van der Waals surface area contributed by atoms with Crippen molar-refractivity contribution in [3.63, 3.8) is 0 Å². The lowest BCUT2D eigenvalue weighted by Crippen LogP contribution is -2.45. The van der Waals surface area contributed by atoms with E-state index in [0.29, 0.717) is 28.6 Å². The van der Waals surface area contributed by atoms with Gasteiger partial charge < -0.3 is 24.4 Å². The van der Waals surface area contributed by atoms with Crippen molar-refractivity contribution in [3.8, 4) is 17.2 Å². The molecule has 2 aromatic rings. The molecule has 142 valence electrons.